The third-order valence-corrected chi connectivity index (χ3v) is 8.53. The Bertz CT molecular complexity index is 790. The fourth-order valence-corrected chi connectivity index (χ4v) is 6.46. The highest BCUT2D eigenvalue weighted by molar-refractivity contribution is 8.00. The average molecular weight is 463 g/mol. The van der Waals surface area contributed by atoms with Crippen molar-refractivity contribution >= 4 is 39.5 Å². The molecule has 5 atom stereocenters. The number of thioether (sulfide) groups is 1. The third kappa shape index (κ3) is 5.65. The van der Waals surface area contributed by atoms with Crippen LogP contribution in [0.15, 0.2) is 0 Å². The minimum atomic E-state index is -3.11. The van der Waals surface area contributed by atoms with Crippen molar-refractivity contribution in [2.45, 2.75) is 62.0 Å². The first-order valence-corrected chi connectivity index (χ1v) is 13.2. The molecule has 0 spiro atoms. The molecule has 170 valence electrons. The minimum Gasteiger partial charge on any atom is -0.447 e. The zero-order valence-electron chi connectivity index (χ0n) is 17.4. The molecule has 0 aromatic carbocycles. The molecule has 5 unspecified atom stereocenters. The topological polar surface area (TPSA) is 134 Å². The second-order valence-corrected chi connectivity index (χ2v) is 11.9. The van der Waals surface area contributed by atoms with E-state index in [-0.39, 0.29) is 18.2 Å². The summed E-state index contributed by atoms with van der Waals surface area (Å²) in [6.07, 6.45) is 1.92. The number of hydrogen-bond donors (Lipinski definition) is 3. The second kappa shape index (κ2) is 9.41. The molecule has 0 radical (unpaired) electrons. The number of carbonyl (C=O) groups excluding carboxylic acids is 3. The molecule has 30 heavy (non-hydrogen) atoms. The fourth-order valence-electron chi connectivity index (χ4n) is 4.10. The van der Waals surface area contributed by atoms with E-state index in [2.05, 4.69) is 16.0 Å². The number of amides is 3. The Morgan fingerprint density at radius 2 is 1.87 bits per heavy atom. The highest BCUT2D eigenvalue weighted by atomic mass is 32.2. The highest BCUT2D eigenvalue weighted by Gasteiger charge is 2.43. The van der Waals surface area contributed by atoms with Gasteiger partial charge in [-0.3, -0.25) is 25.1 Å². The normalized spacial score (nSPS) is 31.9. The van der Waals surface area contributed by atoms with Gasteiger partial charge in [-0.15, -0.1) is 11.8 Å². The van der Waals surface area contributed by atoms with Gasteiger partial charge in [0.1, 0.15) is 6.04 Å². The summed E-state index contributed by atoms with van der Waals surface area (Å²) in [5.74, 6) is -0.492. The van der Waals surface area contributed by atoms with Crippen LogP contribution in [0, 0.1) is 5.92 Å². The summed E-state index contributed by atoms with van der Waals surface area (Å²) >= 11 is 1.47. The molecule has 0 bridgehead atoms. The summed E-state index contributed by atoms with van der Waals surface area (Å²) in [6, 6.07) is -0.468. The fraction of sp³-hybridized carbons (Fsp3) is 0.833. The van der Waals surface area contributed by atoms with E-state index in [1.54, 1.807) is 13.8 Å². The molecule has 10 nitrogen and oxygen atoms in total. The van der Waals surface area contributed by atoms with Crippen molar-refractivity contribution in [3.63, 3.8) is 0 Å². The molecule has 3 saturated heterocycles. The van der Waals surface area contributed by atoms with E-state index in [0.717, 1.165) is 0 Å². The Hall–Kier alpha value is -1.37. The van der Waals surface area contributed by atoms with Crippen molar-refractivity contribution in [3.8, 4) is 0 Å². The lowest BCUT2D eigenvalue weighted by atomic mass is 10.1. The Morgan fingerprint density at radius 1 is 1.13 bits per heavy atom. The van der Waals surface area contributed by atoms with Gasteiger partial charge in [-0.25, -0.2) is 13.2 Å². The van der Waals surface area contributed by atoms with Gasteiger partial charge in [-0.05, 0) is 38.9 Å². The molecule has 3 aliphatic rings. The molecular formula is C18H30N4O6S2. The van der Waals surface area contributed by atoms with Crippen molar-refractivity contribution < 1.29 is 27.5 Å². The van der Waals surface area contributed by atoms with E-state index in [0.29, 0.717) is 38.1 Å². The van der Waals surface area contributed by atoms with Crippen molar-refractivity contribution in [1.82, 2.24) is 20.9 Å². The first kappa shape index (κ1) is 23.3. The standard InChI is InChI=1S/C18H30N4O6S2/c1-10(2)28-18(25)21-15(23)12-6-7-29-17(12)20-16(24)13-9-22-8-11(30(3,26)27)4-5-14(22)19-13/h10-14,17,19H,4-9H2,1-3H3,(H,20,24)(H,21,23,25). The number of ether oxygens (including phenoxy) is 1. The number of hydrogen-bond acceptors (Lipinski definition) is 9. The third-order valence-electron chi connectivity index (χ3n) is 5.65. The summed E-state index contributed by atoms with van der Waals surface area (Å²) < 4.78 is 28.7. The van der Waals surface area contributed by atoms with Gasteiger partial charge in [0, 0.05) is 19.3 Å². The van der Waals surface area contributed by atoms with Crippen LogP contribution >= 0.6 is 11.8 Å². The van der Waals surface area contributed by atoms with Gasteiger partial charge in [0.05, 0.1) is 28.8 Å². The van der Waals surface area contributed by atoms with Crippen molar-refractivity contribution in [3.05, 3.63) is 0 Å². The van der Waals surface area contributed by atoms with Gasteiger partial charge in [-0.2, -0.15) is 0 Å². The Labute approximate surface area is 181 Å². The van der Waals surface area contributed by atoms with Gasteiger partial charge in [0.2, 0.25) is 11.8 Å². The van der Waals surface area contributed by atoms with Crippen molar-refractivity contribution in [1.29, 1.82) is 0 Å². The zero-order valence-corrected chi connectivity index (χ0v) is 19.1. The molecule has 0 aromatic heterocycles. The van der Waals surface area contributed by atoms with E-state index in [9.17, 15) is 22.8 Å². The van der Waals surface area contributed by atoms with Crippen LogP contribution < -0.4 is 16.0 Å². The van der Waals surface area contributed by atoms with Crippen LogP contribution in [-0.2, 0) is 24.2 Å². The van der Waals surface area contributed by atoms with Crippen LogP contribution in [0.4, 0.5) is 4.79 Å². The van der Waals surface area contributed by atoms with Crippen LogP contribution in [-0.4, -0.2) is 85.3 Å². The number of piperidine rings is 1. The molecule has 3 heterocycles. The first-order valence-electron chi connectivity index (χ1n) is 10.2. The molecule has 0 aromatic rings. The van der Waals surface area contributed by atoms with Crippen LogP contribution in [0.1, 0.15) is 33.1 Å². The van der Waals surface area contributed by atoms with E-state index in [1.807, 2.05) is 4.90 Å². The van der Waals surface area contributed by atoms with Crippen LogP contribution in [0.2, 0.25) is 0 Å². The lowest BCUT2D eigenvalue weighted by molar-refractivity contribution is -0.126. The summed E-state index contributed by atoms with van der Waals surface area (Å²) in [5.41, 5.74) is 0. The van der Waals surface area contributed by atoms with Crippen LogP contribution in [0.25, 0.3) is 0 Å². The molecule has 0 saturated carbocycles. The first-order chi connectivity index (χ1) is 14.0. The number of rotatable bonds is 5. The zero-order chi connectivity index (χ0) is 22.1. The second-order valence-electron chi connectivity index (χ2n) is 8.36. The maximum absolute atomic E-state index is 12.8. The van der Waals surface area contributed by atoms with Crippen LogP contribution in [0.3, 0.4) is 0 Å². The van der Waals surface area contributed by atoms with E-state index in [1.165, 1.54) is 18.0 Å². The van der Waals surface area contributed by atoms with Gasteiger partial charge in [-0.1, -0.05) is 0 Å². The quantitative estimate of drug-likeness (QED) is 0.501. The number of nitrogens with zero attached hydrogens (tertiary/aromatic N) is 1. The highest BCUT2D eigenvalue weighted by Crippen LogP contribution is 2.31. The molecular weight excluding hydrogens is 432 g/mol. The van der Waals surface area contributed by atoms with Crippen molar-refractivity contribution in [2.75, 3.05) is 25.1 Å². The van der Waals surface area contributed by atoms with Gasteiger partial charge in [0.25, 0.3) is 0 Å². The molecule has 3 fully saturated rings. The predicted molar refractivity (Wildman–Crippen MR) is 112 cm³/mol. The average Bonchev–Trinajstić information content (AvgIpc) is 3.25. The van der Waals surface area contributed by atoms with E-state index < -0.39 is 44.4 Å². The summed E-state index contributed by atoms with van der Waals surface area (Å²) in [5, 5.41) is 7.61. The van der Waals surface area contributed by atoms with Gasteiger partial charge >= 0.3 is 6.09 Å². The monoisotopic (exact) mass is 462 g/mol. The van der Waals surface area contributed by atoms with Crippen molar-refractivity contribution in [2.24, 2.45) is 5.92 Å². The number of alkyl carbamates (subject to hydrolysis) is 1. The summed E-state index contributed by atoms with van der Waals surface area (Å²) in [4.78, 5) is 38.9. The lowest BCUT2D eigenvalue weighted by Gasteiger charge is -2.33. The smallest absolute Gasteiger partial charge is 0.414 e. The number of carbonyl (C=O) groups is 3. The van der Waals surface area contributed by atoms with Gasteiger partial charge in [0.15, 0.2) is 9.84 Å². The van der Waals surface area contributed by atoms with E-state index >= 15 is 0 Å². The summed E-state index contributed by atoms with van der Waals surface area (Å²) in [6.45, 7) is 4.23. The number of nitrogens with one attached hydrogen (secondary N) is 3. The number of fused-ring (bicyclic) bond motifs is 1. The molecule has 12 heteroatoms. The molecule has 3 aliphatic heterocycles. The predicted octanol–water partition coefficient (Wildman–Crippen LogP) is -0.350. The minimum absolute atomic E-state index is 0.0140. The Morgan fingerprint density at radius 3 is 2.53 bits per heavy atom. The molecule has 3 N–H and O–H groups in total. The Kier molecular flexibility index (Phi) is 7.31. The number of imide groups is 1. The van der Waals surface area contributed by atoms with Gasteiger partial charge < -0.3 is 10.1 Å². The molecule has 3 amide bonds. The molecule has 3 rings (SSSR count). The SMILES string of the molecule is CC(C)OC(=O)NC(=O)C1CCSC1NC(=O)C1CN2CC(S(C)(=O)=O)CCC2N1. The van der Waals surface area contributed by atoms with Crippen LogP contribution in [0.5, 0.6) is 0 Å². The summed E-state index contributed by atoms with van der Waals surface area (Å²) in [7, 11) is -3.11. The largest absolute Gasteiger partial charge is 0.447 e. The molecule has 0 aliphatic carbocycles. The lowest BCUT2D eigenvalue weighted by Crippen LogP contribution is -2.50. The Balaban J connectivity index is 1.53. The number of sulfone groups is 1. The maximum atomic E-state index is 12.8. The maximum Gasteiger partial charge on any atom is 0.414 e. The van der Waals surface area contributed by atoms with E-state index in [4.69, 9.17) is 4.74 Å².